The van der Waals surface area contributed by atoms with Gasteiger partial charge in [0.15, 0.2) is 0 Å². The molecule has 0 saturated heterocycles. The Morgan fingerprint density at radius 2 is 2.30 bits per heavy atom. The lowest BCUT2D eigenvalue weighted by atomic mass is 9.94. The summed E-state index contributed by atoms with van der Waals surface area (Å²) < 4.78 is 0. The van der Waals surface area contributed by atoms with Crippen molar-refractivity contribution >= 4 is 28.7 Å². The molecule has 1 atom stereocenters. The molecule has 0 amide bonds. The number of aromatic nitrogens is 1. The van der Waals surface area contributed by atoms with Crippen molar-refractivity contribution in [2.45, 2.75) is 25.3 Å². The molecule has 2 aromatic heterocycles. The number of pyridine rings is 1. The van der Waals surface area contributed by atoms with Crippen LogP contribution in [0.25, 0.3) is 0 Å². The number of fused-ring (bicyclic) bond motifs is 1. The molecular formula is C13H14N4O2S. The highest BCUT2D eigenvalue weighted by atomic mass is 32.1. The Labute approximate surface area is 119 Å². The van der Waals surface area contributed by atoms with Gasteiger partial charge in [-0.2, -0.15) is 0 Å². The van der Waals surface area contributed by atoms with E-state index in [1.54, 1.807) is 17.4 Å². The van der Waals surface area contributed by atoms with Crippen LogP contribution in [0, 0.1) is 10.1 Å². The zero-order valence-corrected chi connectivity index (χ0v) is 11.5. The fourth-order valence-electron chi connectivity index (χ4n) is 2.52. The van der Waals surface area contributed by atoms with E-state index in [9.17, 15) is 10.1 Å². The predicted molar refractivity (Wildman–Crippen MR) is 78.9 cm³/mol. The topological polar surface area (TPSA) is 94.1 Å². The summed E-state index contributed by atoms with van der Waals surface area (Å²) in [5, 5.41) is 16.1. The van der Waals surface area contributed by atoms with Gasteiger partial charge in [0, 0.05) is 10.9 Å². The number of thiophene rings is 1. The predicted octanol–water partition coefficient (Wildman–Crippen LogP) is 3.12. The first-order valence-electron chi connectivity index (χ1n) is 6.39. The second kappa shape index (κ2) is 5.09. The van der Waals surface area contributed by atoms with E-state index in [1.807, 2.05) is 0 Å². The maximum absolute atomic E-state index is 10.7. The first kappa shape index (κ1) is 12.9. The molecule has 0 bridgehead atoms. The summed E-state index contributed by atoms with van der Waals surface area (Å²) in [4.78, 5) is 15.7. The maximum atomic E-state index is 10.7. The lowest BCUT2D eigenvalue weighted by molar-refractivity contribution is -0.384. The van der Waals surface area contributed by atoms with Crippen molar-refractivity contribution in [2.24, 2.45) is 0 Å². The lowest BCUT2D eigenvalue weighted by Gasteiger charge is -2.24. The minimum atomic E-state index is -0.524. The molecule has 2 aromatic rings. The van der Waals surface area contributed by atoms with Gasteiger partial charge in [-0.3, -0.25) is 10.1 Å². The van der Waals surface area contributed by atoms with Gasteiger partial charge < -0.3 is 11.1 Å². The second-order valence-electron chi connectivity index (χ2n) is 4.75. The van der Waals surface area contributed by atoms with Crippen molar-refractivity contribution in [3.63, 3.8) is 0 Å². The van der Waals surface area contributed by atoms with Gasteiger partial charge in [-0.05, 0) is 42.3 Å². The highest BCUT2D eigenvalue weighted by Crippen LogP contribution is 2.35. The molecule has 2 heterocycles. The number of nitrogens with one attached hydrogen (secondary N) is 1. The fourth-order valence-corrected chi connectivity index (χ4v) is 3.50. The van der Waals surface area contributed by atoms with Crippen LogP contribution in [-0.2, 0) is 6.42 Å². The SMILES string of the molecule is Nc1nc(NC2CCCc3sccc32)ccc1[N+](=O)[O-]. The zero-order chi connectivity index (χ0) is 14.1. The summed E-state index contributed by atoms with van der Waals surface area (Å²) in [6, 6.07) is 5.33. The van der Waals surface area contributed by atoms with Crippen molar-refractivity contribution in [3.8, 4) is 0 Å². The zero-order valence-electron chi connectivity index (χ0n) is 10.7. The molecule has 3 rings (SSSR count). The molecular weight excluding hydrogens is 276 g/mol. The maximum Gasteiger partial charge on any atom is 0.311 e. The first-order chi connectivity index (χ1) is 9.65. The van der Waals surface area contributed by atoms with Crippen molar-refractivity contribution in [2.75, 3.05) is 11.1 Å². The smallest absolute Gasteiger partial charge is 0.311 e. The molecule has 20 heavy (non-hydrogen) atoms. The third-order valence-corrected chi connectivity index (χ3v) is 4.47. The Balaban J connectivity index is 1.83. The number of nitrogens with two attached hydrogens (primary N) is 1. The number of nitrogen functional groups attached to an aromatic ring is 1. The number of anilines is 2. The summed E-state index contributed by atoms with van der Waals surface area (Å²) in [5.74, 6) is 0.526. The van der Waals surface area contributed by atoms with Crippen LogP contribution in [0.2, 0.25) is 0 Å². The molecule has 0 spiro atoms. The van der Waals surface area contributed by atoms with Crippen molar-refractivity contribution in [3.05, 3.63) is 44.1 Å². The van der Waals surface area contributed by atoms with Gasteiger partial charge >= 0.3 is 5.69 Å². The number of nitrogens with zero attached hydrogens (tertiary/aromatic N) is 2. The van der Waals surface area contributed by atoms with Crippen LogP contribution in [0.4, 0.5) is 17.3 Å². The van der Waals surface area contributed by atoms with Crippen LogP contribution < -0.4 is 11.1 Å². The van der Waals surface area contributed by atoms with Crippen LogP contribution in [0.15, 0.2) is 23.6 Å². The monoisotopic (exact) mass is 290 g/mol. The second-order valence-corrected chi connectivity index (χ2v) is 5.75. The number of hydrogen-bond donors (Lipinski definition) is 2. The molecule has 0 saturated carbocycles. The average molecular weight is 290 g/mol. The van der Waals surface area contributed by atoms with E-state index >= 15 is 0 Å². The van der Waals surface area contributed by atoms with Crippen molar-refractivity contribution in [1.82, 2.24) is 4.98 Å². The standard InChI is InChI=1S/C13H14N4O2S/c14-13-10(17(18)19)4-5-12(16-13)15-9-2-1-3-11-8(9)6-7-20-11/h4-7,9H,1-3H2,(H3,14,15,16). The van der Waals surface area contributed by atoms with Gasteiger partial charge in [-0.1, -0.05) is 0 Å². The van der Waals surface area contributed by atoms with Gasteiger partial charge in [-0.15, -0.1) is 11.3 Å². The number of aryl methyl sites for hydroxylation is 1. The highest BCUT2D eigenvalue weighted by molar-refractivity contribution is 7.10. The van der Waals surface area contributed by atoms with Crippen LogP contribution in [0.1, 0.15) is 29.3 Å². The summed E-state index contributed by atoms with van der Waals surface area (Å²) in [6.07, 6.45) is 3.29. The van der Waals surface area contributed by atoms with Gasteiger partial charge in [0.1, 0.15) is 5.82 Å². The summed E-state index contributed by atoms with van der Waals surface area (Å²) in [7, 11) is 0. The van der Waals surface area contributed by atoms with Crippen molar-refractivity contribution < 1.29 is 4.92 Å². The largest absolute Gasteiger partial charge is 0.378 e. The molecule has 7 heteroatoms. The third-order valence-electron chi connectivity index (χ3n) is 3.47. The van der Waals surface area contributed by atoms with E-state index in [2.05, 4.69) is 21.7 Å². The molecule has 3 N–H and O–H groups in total. The van der Waals surface area contributed by atoms with Crippen molar-refractivity contribution in [1.29, 1.82) is 0 Å². The Morgan fingerprint density at radius 1 is 1.45 bits per heavy atom. The average Bonchev–Trinajstić information content (AvgIpc) is 2.87. The molecule has 1 aliphatic rings. The number of nitro groups is 1. The lowest BCUT2D eigenvalue weighted by Crippen LogP contribution is -2.16. The first-order valence-corrected chi connectivity index (χ1v) is 7.27. The quantitative estimate of drug-likeness (QED) is 0.669. The Morgan fingerprint density at radius 3 is 3.05 bits per heavy atom. The van der Waals surface area contributed by atoms with Crippen LogP contribution in [-0.4, -0.2) is 9.91 Å². The Kier molecular flexibility index (Phi) is 3.27. The summed E-state index contributed by atoms with van der Waals surface area (Å²) in [5.41, 5.74) is 6.76. The molecule has 0 aromatic carbocycles. The summed E-state index contributed by atoms with van der Waals surface area (Å²) >= 11 is 1.77. The van der Waals surface area contributed by atoms with Crippen LogP contribution >= 0.6 is 11.3 Å². The van der Waals surface area contributed by atoms with E-state index in [4.69, 9.17) is 5.73 Å². The Hall–Kier alpha value is -2.15. The third kappa shape index (κ3) is 2.32. The molecule has 1 unspecified atom stereocenters. The molecule has 0 aliphatic heterocycles. The molecule has 0 fully saturated rings. The summed E-state index contributed by atoms with van der Waals surface area (Å²) in [6.45, 7) is 0. The molecule has 0 radical (unpaired) electrons. The van der Waals surface area contributed by atoms with E-state index in [-0.39, 0.29) is 17.5 Å². The van der Waals surface area contributed by atoms with Gasteiger partial charge in [-0.25, -0.2) is 4.98 Å². The van der Waals surface area contributed by atoms with Crippen LogP contribution in [0.5, 0.6) is 0 Å². The number of rotatable bonds is 3. The van der Waals surface area contributed by atoms with Crippen LogP contribution in [0.3, 0.4) is 0 Å². The minimum Gasteiger partial charge on any atom is -0.378 e. The van der Waals surface area contributed by atoms with Gasteiger partial charge in [0.25, 0.3) is 0 Å². The van der Waals surface area contributed by atoms with Gasteiger partial charge in [0.2, 0.25) is 5.82 Å². The van der Waals surface area contributed by atoms with E-state index in [0.29, 0.717) is 5.82 Å². The molecule has 6 nitrogen and oxygen atoms in total. The Bertz CT molecular complexity index is 656. The normalized spacial score (nSPS) is 17.5. The number of hydrogen-bond acceptors (Lipinski definition) is 6. The van der Waals surface area contributed by atoms with E-state index in [1.165, 1.54) is 16.5 Å². The van der Waals surface area contributed by atoms with E-state index in [0.717, 1.165) is 19.3 Å². The highest BCUT2D eigenvalue weighted by Gasteiger charge is 2.22. The van der Waals surface area contributed by atoms with E-state index < -0.39 is 4.92 Å². The fraction of sp³-hybridized carbons (Fsp3) is 0.308. The minimum absolute atomic E-state index is 0.0543. The molecule has 1 aliphatic carbocycles. The van der Waals surface area contributed by atoms with Gasteiger partial charge in [0.05, 0.1) is 11.0 Å². The molecule has 104 valence electrons.